The van der Waals surface area contributed by atoms with Crippen LogP contribution in [0.1, 0.15) is 53.4 Å². The van der Waals surface area contributed by atoms with Gasteiger partial charge < -0.3 is 23.7 Å². The summed E-state index contributed by atoms with van der Waals surface area (Å²) in [5, 5.41) is 8.39. The smallest absolute Gasteiger partial charge is 0.340 e. The fourth-order valence-electron chi connectivity index (χ4n) is 5.50. The van der Waals surface area contributed by atoms with Crippen molar-refractivity contribution in [2.24, 2.45) is 0 Å². The molecule has 5 atom stereocenters. The minimum Gasteiger partial charge on any atom is -0.451 e. The lowest BCUT2D eigenvalue weighted by atomic mass is 9.96. The Kier molecular flexibility index (Phi) is 9.52. The van der Waals surface area contributed by atoms with Gasteiger partial charge in [-0.3, -0.25) is 4.40 Å². The number of ether oxygens (including phenoxy) is 5. The molecule has 254 valence electrons. The molecule has 0 amide bonds. The lowest BCUT2D eigenvalue weighted by molar-refractivity contribution is -0.282. The number of fused-ring (bicyclic) bond motifs is 1. The number of rotatable bonds is 9. The summed E-state index contributed by atoms with van der Waals surface area (Å²) < 4.78 is 31.9. The van der Waals surface area contributed by atoms with Crippen molar-refractivity contribution in [1.82, 2.24) is 19.6 Å². The van der Waals surface area contributed by atoms with E-state index in [4.69, 9.17) is 23.7 Å². The maximum Gasteiger partial charge on any atom is 0.340 e. The number of nitrogens with zero attached hydrogens (tertiary/aromatic N) is 4. The van der Waals surface area contributed by atoms with Gasteiger partial charge in [0.1, 0.15) is 0 Å². The van der Waals surface area contributed by atoms with Crippen LogP contribution in [0.25, 0.3) is 5.78 Å². The maximum atomic E-state index is 13.8. The quantitative estimate of drug-likeness (QED) is 0.148. The Morgan fingerprint density at radius 2 is 0.941 bits per heavy atom. The van der Waals surface area contributed by atoms with Gasteiger partial charge in [-0.05, 0) is 54.6 Å². The molecule has 0 N–H and O–H groups in total. The summed E-state index contributed by atoms with van der Waals surface area (Å²) >= 11 is 0. The summed E-state index contributed by atoms with van der Waals surface area (Å²) in [5.41, 5.74) is 0.635. The molecule has 6 aromatic rings. The summed E-state index contributed by atoms with van der Waals surface area (Å²) in [7, 11) is 0. The molecule has 4 aromatic carbocycles. The molecule has 1 aliphatic rings. The summed E-state index contributed by atoms with van der Waals surface area (Å²) in [6.07, 6.45) is -4.86. The highest BCUT2D eigenvalue weighted by Gasteiger charge is 2.56. The van der Waals surface area contributed by atoms with Crippen LogP contribution in [0.4, 0.5) is 0 Å². The van der Waals surface area contributed by atoms with E-state index in [9.17, 15) is 19.2 Å². The van der Waals surface area contributed by atoms with E-state index in [0.29, 0.717) is 0 Å². The van der Waals surface area contributed by atoms with E-state index in [1.165, 1.54) is 47.0 Å². The van der Waals surface area contributed by atoms with Gasteiger partial charge in [0.15, 0.2) is 24.1 Å². The Hall–Kier alpha value is -6.73. The number of aromatic nitrogens is 4. The number of hydrogen-bond donors (Lipinski definition) is 0. The molecule has 2 unspecified atom stereocenters. The Morgan fingerprint density at radius 3 is 1.43 bits per heavy atom. The first-order valence-corrected chi connectivity index (χ1v) is 15.8. The lowest BCUT2D eigenvalue weighted by Crippen LogP contribution is -2.60. The minimum atomic E-state index is -1.72. The van der Waals surface area contributed by atoms with Crippen molar-refractivity contribution in [1.29, 1.82) is 0 Å². The molecule has 7 rings (SSSR count). The molecule has 0 spiro atoms. The number of benzene rings is 4. The molecule has 0 aliphatic carbocycles. The van der Waals surface area contributed by atoms with Crippen LogP contribution in [0, 0.1) is 0 Å². The minimum absolute atomic E-state index is 0.0679. The molecular weight excluding hydrogens is 656 g/mol. The summed E-state index contributed by atoms with van der Waals surface area (Å²) in [6.45, 7) is 0. The van der Waals surface area contributed by atoms with Gasteiger partial charge in [-0.1, -0.05) is 72.8 Å². The molecule has 3 heterocycles. The molecule has 51 heavy (non-hydrogen) atoms. The third-order valence-corrected chi connectivity index (χ3v) is 7.96. The first-order chi connectivity index (χ1) is 25.0. The zero-order chi connectivity index (χ0) is 35.2. The van der Waals surface area contributed by atoms with E-state index >= 15 is 0 Å². The Morgan fingerprint density at radius 1 is 0.510 bits per heavy atom. The molecule has 1 saturated heterocycles. The fraction of sp³-hybridized carbons (Fsp3) is 0.132. The zero-order valence-electron chi connectivity index (χ0n) is 26.6. The second-order valence-corrected chi connectivity index (χ2v) is 11.3. The van der Waals surface area contributed by atoms with Gasteiger partial charge in [-0.2, -0.15) is 0 Å². The molecule has 0 saturated carbocycles. The van der Waals surface area contributed by atoms with Crippen LogP contribution in [0.15, 0.2) is 140 Å². The number of hydrogen-bond acceptors (Lipinski definition) is 12. The third-order valence-electron chi connectivity index (χ3n) is 7.96. The largest absolute Gasteiger partial charge is 0.451 e. The van der Waals surface area contributed by atoms with E-state index in [2.05, 4.69) is 15.2 Å². The van der Waals surface area contributed by atoms with Crippen molar-refractivity contribution in [3.63, 3.8) is 0 Å². The van der Waals surface area contributed by atoms with E-state index in [1.807, 2.05) is 0 Å². The van der Waals surface area contributed by atoms with Crippen LogP contribution in [0.2, 0.25) is 0 Å². The highest BCUT2D eigenvalue weighted by Crippen LogP contribution is 2.38. The van der Waals surface area contributed by atoms with E-state index in [1.54, 1.807) is 97.2 Å². The Balaban J connectivity index is 1.37. The lowest BCUT2D eigenvalue weighted by Gasteiger charge is -2.43. The molecule has 1 aliphatic heterocycles. The van der Waals surface area contributed by atoms with Crippen molar-refractivity contribution >= 4 is 29.7 Å². The van der Waals surface area contributed by atoms with Gasteiger partial charge in [0.2, 0.25) is 12.4 Å². The van der Waals surface area contributed by atoms with Gasteiger partial charge in [-0.25, -0.2) is 24.2 Å². The first kappa shape index (κ1) is 32.8. The monoisotopic (exact) mass is 684 g/mol. The zero-order valence-corrected chi connectivity index (χ0v) is 26.6. The summed E-state index contributed by atoms with van der Waals surface area (Å²) in [6, 6.07) is 33.9. The number of esters is 4. The van der Waals surface area contributed by atoms with Crippen LogP contribution in [0.5, 0.6) is 0 Å². The molecule has 13 heteroatoms. The van der Waals surface area contributed by atoms with Crippen LogP contribution in [-0.2, 0) is 23.7 Å². The molecular formula is C38H28N4O9. The molecule has 1 fully saturated rings. The van der Waals surface area contributed by atoms with Gasteiger partial charge in [0, 0.05) is 12.4 Å². The normalized spacial score (nSPS) is 19.8. The maximum absolute atomic E-state index is 13.8. The van der Waals surface area contributed by atoms with Gasteiger partial charge >= 0.3 is 23.9 Å². The molecule has 2 aromatic heterocycles. The van der Waals surface area contributed by atoms with Crippen LogP contribution in [0.3, 0.4) is 0 Å². The van der Waals surface area contributed by atoms with Gasteiger partial charge in [-0.15, -0.1) is 10.2 Å². The SMILES string of the molecule is O=C(OC1OC(c2nnc3ncccn23)[C@@H](OC(=O)c2ccccc2)[C@H](OC(=O)c2ccccc2)[C@H]1OC(=O)c1ccccc1)c1ccccc1. The van der Waals surface area contributed by atoms with Crippen molar-refractivity contribution in [3.05, 3.63) is 168 Å². The van der Waals surface area contributed by atoms with E-state index < -0.39 is 54.6 Å². The number of carbonyl (C=O) groups excluding carboxylic acids is 4. The Labute approximate surface area is 290 Å². The highest BCUT2D eigenvalue weighted by molar-refractivity contribution is 5.92. The molecule has 0 radical (unpaired) electrons. The molecule has 0 bridgehead atoms. The van der Waals surface area contributed by atoms with Crippen LogP contribution >= 0.6 is 0 Å². The second-order valence-electron chi connectivity index (χ2n) is 11.3. The predicted molar refractivity (Wildman–Crippen MR) is 177 cm³/mol. The van der Waals surface area contributed by atoms with Crippen molar-refractivity contribution < 1.29 is 42.9 Å². The predicted octanol–water partition coefficient (Wildman–Crippen LogP) is 5.06. The topological polar surface area (TPSA) is 158 Å². The van der Waals surface area contributed by atoms with Gasteiger partial charge in [0.05, 0.1) is 22.3 Å². The number of carbonyl (C=O) groups is 4. The van der Waals surface area contributed by atoms with E-state index in [0.717, 1.165) is 0 Å². The van der Waals surface area contributed by atoms with Crippen LogP contribution < -0.4 is 0 Å². The third kappa shape index (κ3) is 7.19. The van der Waals surface area contributed by atoms with Crippen molar-refractivity contribution in [2.45, 2.75) is 30.7 Å². The first-order valence-electron chi connectivity index (χ1n) is 15.8. The fourth-order valence-corrected chi connectivity index (χ4v) is 5.50. The summed E-state index contributed by atoms with van der Waals surface area (Å²) in [4.78, 5) is 58.9. The summed E-state index contributed by atoms with van der Waals surface area (Å²) in [5.74, 6) is -3.09. The highest BCUT2D eigenvalue weighted by atomic mass is 16.7. The average Bonchev–Trinajstić information content (AvgIpc) is 3.62. The standard InChI is InChI=1S/C38H28N4O9/c43-33(24-14-5-1-6-15-24)47-28-29(48-34(44)25-16-7-2-8-17-25)31(49-35(45)26-18-9-3-10-19-26)37(51-36(46)27-20-11-4-12-21-27)50-30(28)32-40-41-38-39-22-13-23-42(32)38/h1-23,28-31,37H/t28-,29-,30?,31+,37?/m0/s1. The molecule has 13 nitrogen and oxygen atoms in total. The van der Waals surface area contributed by atoms with Gasteiger partial charge in [0.25, 0.3) is 5.78 Å². The average molecular weight is 685 g/mol. The van der Waals surface area contributed by atoms with Crippen molar-refractivity contribution in [2.75, 3.05) is 0 Å². The second kappa shape index (κ2) is 14.8. The van der Waals surface area contributed by atoms with E-state index in [-0.39, 0.29) is 33.9 Å². The Bertz CT molecular complexity index is 2150. The van der Waals surface area contributed by atoms with Crippen molar-refractivity contribution in [3.8, 4) is 0 Å². The van der Waals surface area contributed by atoms with Crippen LogP contribution in [-0.4, -0.2) is 68.1 Å².